The summed E-state index contributed by atoms with van der Waals surface area (Å²) in [6, 6.07) is 5.64. The lowest BCUT2D eigenvalue weighted by atomic mass is 9.91. The molecule has 1 heterocycles. The van der Waals surface area contributed by atoms with Gasteiger partial charge in [-0.15, -0.1) is 0 Å². The largest absolute Gasteiger partial charge is 0.481 e. The van der Waals surface area contributed by atoms with Gasteiger partial charge in [-0.1, -0.05) is 11.6 Å². The number of halogens is 1. The Morgan fingerprint density at radius 3 is 2.55 bits per heavy atom. The average Bonchev–Trinajstić information content (AvgIpc) is 2.50. The number of ether oxygens (including phenoxy) is 1. The number of piperidine rings is 1. The third-order valence-electron chi connectivity index (χ3n) is 4.38. The van der Waals surface area contributed by atoms with Gasteiger partial charge in [0.15, 0.2) is 6.10 Å². The highest BCUT2D eigenvalue weighted by Crippen LogP contribution is 2.23. The molecule has 0 aromatic heterocycles. The number of rotatable bonds is 4. The van der Waals surface area contributed by atoms with E-state index >= 15 is 0 Å². The summed E-state index contributed by atoms with van der Waals surface area (Å²) in [6.45, 7) is 7.28. The van der Waals surface area contributed by atoms with Crippen molar-refractivity contribution in [2.75, 3.05) is 13.1 Å². The topological polar surface area (TPSA) is 55.6 Å². The Balaban J connectivity index is 1.91. The normalized spacial score (nSPS) is 18.9. The van der Waals surface area contributed by atoms with Crippen LogP contribution in [0, 0.1) is 12.8 Å². The Hall–Kier alpha value is -1.26. The maximum Gasteiger partial charge on any atom is 0.263 e. The molecule has 1 fully saturated rings. The first-order valence-electron chi connectivity index (χ1n) is 7.85. The number of aryl methyl sites for hydroxylation is 1. The number of likely N-dealkylation sites (tertiary alicyclic amines) is 1. The molecule has 4 nitrogen and oxygen atoms in total. The Morgan fingerprint density at radius 2 is 2.00 bits per heavy atom. The number of hydrogen-bond acceptors (Lipinski definition) is 3. The van der Waals surface area contributed by atoms with Crippen LogP contribution in [0.25, 0.3) is 0 Å². The lowest BCUT2D eigenvalue weighted by Gasteiger charge is -2.35. The van der Waals surface area contributed by atoms with Crippen LogP contribution < -0.4 is 10.5 Å². The molecule has 2 atom stereocenters. The monoisotopic (exact) mass is 324 g/mol. The summed E-state index contributed by atoms with van der Waals surface area (Å²) in [5.41, 5.74) is 6.88. The molecule has 2 unspecified atom stereocenters. The quantitative estimate of drug-likeness (QED) is 0.926. The van der Waals surface area contributed by atoms with Gasteiger partial charge in [-0.2, -0.15) is 0 Å². The summed E-state index contributed by atoms with van der Waals surface area (Å²) in [5.74, 6) is 1.23. The molecule has 0 radical (unpaired) electrons. The number of carbonyl (C=O) groups excluding carboxylic acids is 1. The molecule has 1 aliphatic rings. The molecule has 122 valence electrons. The summed E-state index contributed by atoms with van der Waals surface area (Å²) < 4.78 is 5.76. The van der Waals surface area contributed by atoms with Crippen molar-refractivity contribution in [3.05, 3.63) is 28.8 Å². The van der Waals surface area contributed by atoms with Crippen LogP contribution in [0.15, 0.2) is 18.2 Å². The smallest absolute Gasteiger partial charge is 0.263 e. The van der Waals surface area contributed by atoms with Crippen LogP contribution in [0.5, 0.6) is 5.75 Å². The molecule has 0 saturated carbocycles. The second kappa shape index (κ2) is 7.34. The molecule has 0 spiro atoms. The van der Waals surface area contributed by atoms with Crippen molar-refractivity contribution in [2.24, 2.45) is 11.7 Å². The van der Waals surface area contributed by atoms with Gasteiger partial charge in [0.1, 0.15) is 5.75 Å². The molecule has 1 aromatic rings. The van der Waals surface area contributed by atoms with Crippen molar-refractivity contribution < 1.29 is 9.53 Å². The van der Waals surface area contributed by atoms with Crippen LogP contribution in [0.4, 0.5) is 0 Å². The summed E-state index contributed by atoms with van der Waals surface area (Å²) >= 11 is 6.00. The summed E-state index contributed by atoms with van der Waals surface area (Å²) in [5, 5.41) is 0.698. The number of carbonyl (C=O) groups is 1. The lowest BCUT2D eigenvalue weighted by molar-refractivity contribution is -0.139. The highest BCUT2D eigenvalue weighted by molar-refractivity contribution is 6.31. The zero-order valence-corrected chi connectivity index (χ0v) is 14.3. The fourth-order valence-corrected chi connectivity index (χ4v) is 2.97. The Morgan fingerprint density at radius 1 is 1.36 bits per heavy atom. The van der Waals surface area contributed by atoms with Crippen LogP contribution in [-0.4, -0.2) is 36.0 Å². The van der Waals surface area contributed by atoms with Crippen molar-refractivity contribution in [1.82, 2.24) is 4.90 Å². The maximum absolute atomic E-state index is 12.5. The Kier molecular flexibility index (Phi) is 5.70. The third kappa shape index (κ3) is 4.14. The molecule has 0 bridgehead atoms. The van der Waals surface area contributed by atoms with E-state index < -0.39 is 6.10 Å². The van der Waals surface area contributed by atoms with E-state index in [2.05, 4.69) is 0 Å². The highest BCUT2D eigenvalue weighted by atomic mass is 35.5. The van der Waals surface area contributed by atoms with Gasteiger partial charge in [0.25, 0.3) is 5.91 Å². The van der Waals surface area contributed by atoms with E-state index in [1.807, 2.05) is 24.8 Å². The molecule has 1 saturated heterocycles. The number of amides is 1. The molecular formula is C17H25ClN2O2. The fourth-order valence-electron chi connectivity index (χ4n) is 2.85. The van der Waals surface area contributed by atoms with Crippen LogP contribution in [0.3, 0.4) is 0 Å². The summed E-state index contributed by atoms with van der Waals surface area (Å²) in [4.78, 5) is 14.4. The van der Waals surface area contributed by atoms with Gasteiger partial charge in [0, 0.05) is 24.2 Å². The van der Waals surface area contributed by atoms with E-state index in [-0.39, 0.29) is 11.9 Å². The van der Waals surface area contributed by atoms with E-state index in [0.29, 0.717) is 16.7 Å². The maximum atomic E-state index is 12.5. The van der Waals surface area contributed by atoms with Crippen LogP contribution in [0.2, 0.25) is 5.02 Å². The van der Waals surface area contributed by atoms with E-state index in [1.54, 1.807) is 19.1 Å². The summed E-state index contributed by atoms with van der Waals surface area (Å²) in [6.07, 6.45) is 1.44. The molecule has 5 heteroatoms. The van der Waals surface area contributed by atoms with Crippen molar-refractivity contribution >= 4 is 17.5 Å². The molecule has 2 rings (SSSR count). The molecule has 0 aliphatic carbocycles. The van der Waals surface area contributed by atoms with Crippen LogP contribution in [-0.2, 0) is 4.79 Å². The van der Waals surface area contributed by atoms with E-state index in [4.69, 9.17) is 22.1 Å². The second-order valence-corrected chi connectivity index (χ2v) is 6.60. The molecule has 22 heavy (non-hydrogen) atoms. The van der Waals surface area contributed by atoms with Gasteiger partial charge in [-0.3, -0.25) is 4.79 Å². The predicted octanol–water partition coefficient (Wildman–Crippen LogP) is 3.00. The van der Waals surface area contributed by atoms with Crippen molar-refractivity contribution in [3.8, 4) is 5.75 Å². The molecule has 1 amide bonds. The number of benzene rings is 1. The van der Waals surface area contributed by atoms with E-state index in [9.17, 15) is 4.79 Å². The summed E-state index contributed by atoms with van der Waals surface area (Å²) in [7, 11) is 0. The first-order chi connectivity index (χ1) is 10.4. The van der Waals surface area contributed by atoms with Gasteiger partial charge in [0.2, 0.25) is 0 Å². The first-order valence-corrected chi connectivity index (χ1v) is 8.23. The van der Waals surface area contributed by atoms with Crippen molar-refractivity contribution in [3.63, 3.8) is 0 Å². The Bertz CT molecular complexity index is 525. The van der Waals surface area contributed by atoms with Crippen molar-refractivity contribution in [1.29, 1.82) is 0 Å². The van der Waals surface area contributed by atoms with Gasteiger partial charge in [-0.05, 0) is 63.3 Å². The van der Waals surface area contributed by atoms with E-state index in [1.165, 1.54) is 0 Å². The zero-order valence-electron chi connectivity index (χ0n) is 13.5. The van der Waals surface area contributed by atoms with Gasteiger partial charge < -0.3 is 15.4 Å². The lowest BCUT2D eigenvalue weighted by Crippen LogP contribution is -2.46. The number of nitrogens with zero attached hydrogens (tertiary/aromatic N) is 1. The van der Waals surface area contributed by atoms with Crippen molar-refractivity contribution in [2.45, 2.75) is 45.8 Å². The van der Waals surface area contributed by atoms with Gasteiger partial charge in [-0.25, -0.2) is 0 Å². The molecular weight excluding hydrogens is 300 g/mol. The Labute approximate surface area is 137 Å². The van der Waals surface area contributed by atoms with Crippen LogP contribution >= 0.6 is 11.6 Å². The standard InChI is InChI=1S/C17H25ClN2O2/c1-11-10-15(4-5-16(11)18)22-13(3)17(21)20-8-6-14(7-9-20)12(2)19/h4-5,10,12-14H,6-9,19H2,1-3H3. The van der Waals surface area contributed by atoms with Crippen LogP contribution in [0.1, 0.15) is 32.3 Å². The van der Waals surface area contributed by atoms with Gasteiger partial charge >= 0.3 is 0 Å². The van der Waals surface area contributed by atoms with Gasteiger partial charge in [0.05, 0.1) is 0 Å². The minimum absolute atomic E-state index is 0.0377. The second-order valence-electron chi connectivity index (χ2n) is 6.19. The highest BCUT2D eigenvalue weighted by Gasteiger charge is 2.28. The predicted molar refractivity (Wildman–Crippen MR) is 89.2 cm³/mol. The minimum atomic E-state index is -0.493. The van der Waals surface area contributed by atoms with E-state index in [0.717, 1.165) is 31.5 Å². The molecule has 2 N–H and O–H groups in total. The molecule has 1 aliphatic heterocycles. The molecule has 1 aromatic carbocycles. The average molecular weight is 325 g/mol. The SMILES string of the molecule is Cc1cc(OC(C)C(=O)N2CCC(C(C)N)CC2)ccc1Cl. The zero-order chi connectivity index (χ0) is 16.3. The first kappa shape index (κ1) is 17.1. The fraction of sp³-hybridized carbons (Fsp3) is 0.588. The third-order valence-corrected chi connectivity index (χ3v) is 4.81. The number of nitrogens with two attached hydrogens (primary N) is 1. The number of hydrogen-bond donors (Lipinski definition) is 1. The minimum Gasteiger partial charge on any atom is -0.481 e.